The Bertz CT molecular complexity index is 189. The molecule has 0 aromatic rings. The number of primary amides is 1. The van der Waals surface area contributed by atoms with Crippen molar-refractivity contribution in [2.75, 3.05) is 6.61 Å². The molecule has 0 aliphatic carbocycles. The Morgan fingerprint density at radius 2 is 1.63 bits per heavy atom. The van der Waals surface area contributed by atoms with E-state index in [0.717, 1.165) is 13.0 Å². The van der Waals surface area contributed by atoms with Crippen LogP contribution in [0.3, 0.4) is 0 Å². The van der Waals surface area contributed by atoms with Crippen LogP contribution in [0.15, 0.2) is 0 Å². The highest BCUT2D eigenvalue weighted by Gasteiger charge is 2.18. The smallest absolute Gasteiger partial charge is 0.217 e. The third kappa shape index (κ3) is 26.9. The standard InChI is InChI=1S/C11H23NO2.C3H8.C2H6/c1-9(2)6-8-14-11(3,4)7-5-10(12)13;1-3-2;1-2/h9H,5-8H2,1-4H3,(H2,12,13);3H2,1-2H3;1-2H3. The van der Waals surface area contributed by atoms with Gasteiger partial charge in [-0.05, 0) is 32.6 Å². The van der Waals surface area contributed by atoms with Crippen molar-refractivity contribution in [3.05, 3.63) is 0 Å². The molecule has 2 N–H and O–H groups in total. The second-order valence-electron chi connectivity index (χ2n) is 5.46. The topological polar surface area (TPSA) is 52.3 Å². The number of carbonyl (C=O) groups is 1. The quantitative estimate of drug-likeness (QED) is 0.741. The van der Waals surface area contributed by atoms with Crippen molar-refractivity contribution in [1.29, 1.82) is 0 Å². The minimum absolute atomic E-state index is 0.232. The maximum Gasteiger partial charge on any atom is 0.217 e. The van der Waals surface area contributed by atoms with E-state index in [1.807, 2.05) is 27.7 Å². The molecule has 0 bridgehead atoms. The summed E-state index contributed by atoms with van der Waals surface area (Å²) in [6, 6.07) is 0. The molecule has 0 radical (unpaired) electrons. The number of amides is 1. The van der Waals surface area contributed by atoms with E-state index in [1.165, 1.54) is 6.42 Å². The monoisotopic (exact) mass is 275 g/mol. The van der Waals surface area contributed by atoms with Gasteiger partial charge in [-0.25, -0.2) is 0 Å². The summed E-state index contributed by atoms with van der Waals surface area (Å²) in [4.78, 5) is 10.6. The number of carbonyl (C=O) groups excluding carboxylic acids is 1. The van der Waals surface area contributed by atoms with Crippen LogP contribution in [0.2, 0.25) is 0 Å². The third-order valence-electron chi connectivity index (χ3n) is 2.16. The SMILES string of the molecule is CC.CC(C)CCOC(C)(C)CCC(N)=O.CCC. The van der Waals surface area contributed by atoms with E-state index in [0.29, 0.717) is 18.8 Å². The zero-order valence-electron chi connectivity index (χ0n) is 14.5. The molecule has 0 heterocycles. The van der Waals surface area contributed by atoms with Crippen LogP contribution in [0.5, 0.6) is 0 Å². The van der Waals surface area contributed by atoms with Crippen LogP contribution in [0.4, 0.5) is 0 Å². The van der Waals surface area contributed by atoms with Crippen LogP contribution in [-0.2, 0) is 9.53 Å². The highest BCUT2D eigenvalue weighted by molar-refractivity contribution is 5.73. The summed E-state index contributed by atoms with van der Waals surface area (Å²) in [5, 5.41) is 0. The van der Waals surface area contributed by atoms with Crippen LogP contribution in [0.1, 0.15) is 81.1 Å². The Morgan fingerprint density at radius 3 is 1.95 bits per heavy atom. The van der Waals surface area contributed by atoms with Gasteiger partial charge in [-0.2, -0.15) is 0 Å². The molecule has 1 amide bonds. The van der Waals surface area contributed by atoms with E-state index < -0.39 is 0 Å². The first kappa shape index (κ1) is 23.5. The average Bonchev–Trinajstić information content (AvgIpc) is 2.29. The molecule has 0 saturated carbocycles. The largest absolute Gasteiger partial charge is 0.376 e. The summed E-state index contributed by atoms with van der Waals surface area (Å²) in [7, 11) is 0. The molecule has 0 atom stereocenters. The van der Waals surface area contributed by atoms with Crippen molar-refractivity contribution in [1.82, 2.24) is 0 Å². The molecule has 0 aliphatic rings. The lowest BCUT2D eigenvalue weighted by Gasteiger charge is -2.25. The van der Waals surface area contributed by atoms with Gasteiger partial charge in [0.25, 0.3) is 0 Å². The second-order valence-corrected chi connectivity index (χ2v) is 5.46. The number of hydrogen-bond acceptors (Lipinski definition) is 2. The number of nitrogens with two attached hydrogens (primary N) is 1. The van der Waals surface area contributed by atoms with Gasteiger partial charge in [0.15, 0.2) is 0 Å². The van der Waals surface area contributed by atoms with Gasteiger partial charge in [0.05, 0.1) is 5.60 Å². The fourth-order valence-electron chi connectivity index (χ4n) is 1.07. The summed E-state index contributed by atoms with van der Waals surface area (Å²) in [6.07, 6.45) is 3.40. The van der Waals surface area contributed by atoms with E-state index >= 15 is 0 Å². The van der Waals surface area contributed by atoms with Crippen LogP contribution in [0, 0.1) is 5.92 Å². The molecule has 0 unspecified atom stereocenters. The zero-order valence-corrected chi connectivity index (χ0v) is 14.5. The molecular formula is C16H37NO2. The van der Waals surface area contributed by atoms with Gasteiger partial charge in [-0.3, -0.25) is 4.79 Å². The minimum Gasteiger partial charge on any atom is -0.376 e. The van der Waals surface area contributed by atoms with Gasteiger partial charge < -0.3 is 10.5 Å². The van der Waals surface area contributed by atoms with Crippen LogP contribution in [-0.4, -0.2) is 18.1 Å². The van der Waals surface area contributed by atoms with Gasteiger partial charge in [0.2, 0.25) is 5.91 Å². The zero-order chi connectivity index (χ0) is 15.9. The summed E-state index contributed by atoms with van der Waals surface area (Å²) >= 11 is 0. The van der Waals surface area contributed by atoms with Gasteiger partial charge >= 0.3 is 0 Å². The lowest BCUT2D eigenvalue weighted by atomic mass is 10.0. The highest BCUT2D eigenvalue weighted by Crippen LogP contribution is 2.17. The lowest BCUT2D eigenvalue weighted by Crippen LogP contribution is -2.27. The third-order valence-corrected chi connectivity index (χ3v) is 2.16. The van der Waals surface area contributed by atoms with Crippen molar-refractivity contribution >= 4 is 5.91 Å². The Labute approximate surface area is 121 Å². The molecule has 0 aliphatic heterocycles. The van der Waals surface area contributed by atoms with E-state index in [2.05, 4.69) is 27.7 Å². The molecule has 0 aromatic carbocycles. The minimum atomic E-state index is -0.259. The van der Waals surface area contributed by atoms with Crippen molar-refractivity contribution in [2.24, 2.45) is 11.7 Å². The van der Waals surface area contributed by atoms with Crippen LogP contribution < -0.4 is 5.73 Å². The van der Waals surface area contributed by atoms with Gasteiger partial charge in [0.1, 0.15) is 0 Å². The maximum absolute atomic E-state index is 10.6. The van der Waals surface area contributed by atoms with Crippen molar-refractivity contribution in [3.8, 4) is 0 Å². The molecule has 0 spiro atoms. The fraction of sp³-hybridized carbons (Fsp3) is 0.938. The number of rotatable bonds is 7. The first-order valence-corrected chi connectivity index (χ1v) is 7.67. The Morgan fingerprint density at radius 1 is 1.21 bits per heavy atom. The fourth-order valence-corrected chi connectivity index (χ4v) is 1.07. The Hall–Kier alpha value is -0.570. The molecule has 0 rings (SSSR count). The Kier molecular flexibility index (Phi) is 19.2. The molecule has 0 saturated heterocycles. The Balaban J connectivity index is -0.000000445. The van der Waals surface area contributed by atoms with Gasteiger partial charge in [-0.1, -0.05) is 48.0 Å². The average molecular weight is 275 g/mol. The number of hydrogen-bond donors (Lipinski definition) is 1. The molecule has 118 valence electrons. The molecule has 0 aromatic heterocycles. The predicted molar refractivity (Wildman–Crippen MR) is 85.2 cm³/mol. The van der Waals surface area contributed by atoms with Crippen molar-refractivity contribution in [3.63, 3.8) is 0 Å². The first-order valence-electron chi connectivity index (χ1n) is 7.67. The maximum atomic E-state index is 10.6. The summed E-state index contributed by atoms with van der Waals surface area (Å²) < 4.78 is 5.68. The predicted octanol–water partition coefficient (Wildman–Crippen LogP) is 4.54. The summed E-state index contributed by atoms with van der Waals surface area (Å²) in [6.45, 7) is 17.3. The molecule has 0 fully saturated rings. The van der Waals surface area contributed by atoms with Gasteiger partial charge in [0, 0.05) is 13.0 Å². The van der Waals surface area contributed by atoms with Gasteiger partial charge in [-0.15, -0.1) is 0 Å². The van der Waals surface area contributed by atoms with E-state index in [4.69, 9.17) is 10.5 Å². The molecule has 3 nitrogen and oxygen atoms in total. The van der Waals surface area contributed by atoms with E-state index in [1.54, 1.807) is 0 Å². The molecule has 19 heavy (non-hydrogen) atoms. The second kappa shape index (κ2) is 15.5. The van der Waals surface area contributed by atoms with Crippen LogP contribution in [0.25, 0.3) is 0 Å². The van der Waals surface area contributed by atoms with Crippen molar-refractivity contribution < 1.29 is 9.53 Å². The van der Waals surface area contributed by atoms with E-state index in [9.17, 15) is 4.79 Å². The lowest BCUT2D eigenvalue weighted by molar-refractivity contribution is -0.119. The highest BCUT2D eigenvalue weighted by atomic mass is 16.5. The van der Waals surface area contributed by atoms with Crippen LogP contribution >= 0.6 is 0 Å². The molecular weight excluding hydrogens is 238 g/mol. The van der Waals surface area contributed by atoms with E-state index in [-0.39, 0.29) is 11.5 Å². The summed E-state index contributed by atoms with van der Waals surface area (Å²) in [5.41, 5.74) is 4.85. The molecule has 3 heteroatoms. The van der Waals surface area contributed by atoms with Crippen molar-refractivity contribution in [2.45, 2.75) is 86.7 Å². The first-order chi connectivity index (χ1) is 8.75. The number of ether oxygens (including phenoxy) is 1. The normalized spacial score (nSPS) is 10.2. The summed E-state index contributed by atoms with van der Waals surface area (Å²) in [5.74, 6) is 0.396.